The monoisotopic (exact) mass is 464 g/mol. The molecule has 3 aromatic rings. The van der Waals surface area contributed by atoms with Crippen LogP contribution in [0, 0.1) is 5.92 Å². The predicted molar refractivity (Wildman–Crippen MR) is 132 cm³/mol. The van der Waals surface area contributed by atoms with Crippen molar-refractivity contribution in [1.82, 2.24) is 14.5 Å². The second-order valence-electron chi connectivity index (χ2n) is 9.83. The van der Waals surface area contributed by atoms with Crippen molar-refractivity contribution in [2.24, 2.45) is 11.7 Å². The van der Waals surface area contributed by atoms with E-state index in [1.807, 2.05) is 30.0 Å². The van der Waals surface area contributed by atoms with Gasteiger partial charge in [0, 0.05) is 43.7 Å². The molecule has 1 fully saturated rings. The molecule has 2 atom stereocenters. The van der Waals surface area contributed by atoms with Crippen LogP contribution in [0.25, 0.3) is 11.0 Å². The minimum absolute atomic E-state index is 0.0333. The standard InChI is InChI=1S/C25H29ClN6O/c1-14(27)12-31-8-7-16-9-20-19(11-18(16)25(31)33)28-24(30(20)2)21-10-17-5-6-22(26)29-23(17)32(21)13-15-3-4-15/h5-6,9-11,14-15,24,28H,3-4,7-8,12-13,27H2,1-2H3. The van der Waals surface area contributed by atoms with E-state index in [9.17, 15) is 4.79 Å². The molecule has 1 aliphatic carbocycles. The first kappa shape index (κ1) is 20.8. The second kappa shape index (κ2) is 7.64. The number of nitrogens with two attached hydrogens (primary N) is 1. The van der Waals surface area contributed by atoms with Gasteiger partial charge < -0.3 is 25.4 Å². The third-order valence-corrected chi connectivity index (χ3v) is 7.33. The summed E-state index contributed by atoms with van der Waals surface area (Å²) < 4.78 is 2.33. The van der Waals surface area contributed by atoms with Gasteiger partial charge in [0.05, 0.1) is 17.1 Å². The Morgan fingerprint density at radius 2 is 2.09 bits per heavy atom. The number of anilines is 2. The van der Waals surface area contributed by atoms with Crippen molar-refractivity contribution in [3.05, 3.63) is 52.3 Å². The zero-order chi connectivity index (χ0) is 22.9. The van der Waals surface area contributed by atoms with Crippen LogP contribution in [0.5, 0.6) is 0 Å². The molecule has 2 unspecified atom stereocenters. The lowest BCUT2D eigenvalue weighted by Crippen LogP contribution is -2.43. The largest absolute Gasteiger partial charge is 0.359 e. The van der Waals surface area contributed by atoms with Crippen molar-refractivity contribution in [2.45, 2.75) is 44.9 Å². The molecule has 33 heavy (non-hydrogen) atoms. The highest BCUT2D eigenvalue weighted by Gasteiger charge is 2.35. The number of amides is 1. The fourth-order valence-electron chi connectivity index (χ4n) is 5.25. The number of carbonyl (C=O) groups is 1. The molecule has 6 rings (SSSR count). The summed E-state index contributed by atoms with van der Waals surface area (Å²) in [4.78, 5) is 21.9. The minimum Gasteiger partial charge on any atom is -0.359 e. The molecule has 3 aliphatic rings. The van der Waals surface area contributed by atoms with E-state index in [2.05, 4.69) is 38.9 Å². The van der Waals surface area contributed by atoms with Crippen molar-refractivity contribution in [3.63, 3.8) is 0 Å². The molecule has 172 valence electrons. The Bertz CT molecular complexity index is 1260. The van der Waals surface area contributed by atoms with Gasteiger partial charge in [0.15, 0.2) is 0 Å². The Kier molecular flexibility index (Phi) is 4.82. The Morgan fingerprint density at radius 1 is 1.27 bits per heavy atom. The third-order valence-electron chi connectivity index (χ3n) is 7.12. The number of nitrogens with one attached hydrogen (secondary N) is 1. The summed E-state index contributed by atoms with van der Waals surface area (Å²) in [7, 11) is 2.11. The van der Waals surface area contributed by atoms with Crippen molar-refractivity contribution in [2.75, 3.05) is 30.4 Å². The fourth-order valence-corrected chi connectivity index (χ4v) is 5.39. The highest BCUT2D eigenvalue weighted by atomic mass is 35.5. The van der Waals surface area contributed by atoms with Gasteiger partial charge in [-0.05, 0) is 68.0 Å². The predicted octanol–water partition coefficient (Wildman–Crippen LogP) is 4.01. The molecule has 3 N–H and O–H groups in total. The molecule has 0 saturated heterocycles. The van der Waals surface area contributed by atoms with E-state index in [1.54, 1.807) is 0 Å². The summed E-state index contributed by atoms with van der Waals surface area (Å²) in [6, 6.07) is 10.3. The maximum Gasteiger partial charge on any atom is 0.254 e. The molecule has 4 heterocycles. The summed E-state index contributed by atoms with van der Waals surface area (Å²) in [6.45, 7) is 4.20. The number of rotatable bonds is 5. The Hall–Kier alpha value is -2.77. The van der Waals surface area contributed by atoms with Crippen molar-refractivity contribution in [3.8, 4) is 0 Å². The molecule has 1 aromatic carbocycles. The second-order valence-corrected chi connectivity index (χ2v) is 10.2. The number of nitrogens with zero attached hydrogens (tertiary/aromatic N) is 4. The molecular weight excluding hydrogens is 436 g/mol. The van der Waals surface area contributed by atoms with Crippen LogP contribution in [0.4, 0.5) is 11.4 Å². The van der Waals surface area contributed by atoms with Crippen molar-refractivity contribution < 1.29 is 4.79 Å². The van der Waals surface area contributed by atoms with Gasteiger partial charge in [0.2, 0.25) is 0 Å². The number of hydrogen-bond acceptors (Lipinski definition) is 5. The Labute approximate surface area is 198 Å². The van der Waals surface area contributed by atoms with Gasteiger partial charge in [-0.2, -0.15) is 0 Å². The molecule has 8 heteroatoms. The number of halogens is 1. The van der Waals surface area contributed by atoms with Gasteiger partial charge in [0.25, 0.3) is 5.91 Å². The molecule has 7 nitrogen and oxygen atoms in total. The molecular formula is C25H29ClN6O. The van der Waals surface area contributed by atoms with Crippen LogP contribution in [0.15, 0.2) is 30.3 Å². The van der Waals surface area contributed by atoms with Gasteiger partial charge in [0.1, 0.15) is 17.0 Å². The lowest BCUT2D eigenvalue weighted by atomic mass is 9.97. The average molecular weight is 465 g/mol. The fraction of sp³-hybridized carbons (Fsp3) is 0.440. The van der Waals surface area contributed by atoms with Crippen LogP contribution in [-0.2, 0) is 13.0 Å². The summed E-state index contributed by atoms with van der Waals surface area (Å²) in [5, 5.41) is 5.30. The van der Waals surface area contributed by atoms with Crippen LogP contribution in [0.1, 0.15) is 47.5 Å². The van der Waals surface area contributed by atoms with E-state index in [4.69, 9.17) is 17.3 Å². The highest BCUT2D eigenvalue weighted by Crippen LogP contribution is 2.44. The van der Waals surface area contributed by atoms with E-state index in [0.29, 0.717) is 17.6 Å². The van der Waals surface area contributed by atoms with Gasteiger partial charge in [-0.1, -0.05) is 11.6 Å². The first-order valence-electron chi connectivity index (χ1n) is 11.8. The zero-order valence-corrected chi connectivity index (χ0v) is 19.8. The third kappa shape index (κ3) is 3.54. The number of carbonyl (C=O) groups excluding carboxylic acids is 1. The minimum atomic E-state index is -0.0363. The Balaban J connectivity index is 1.37. The van der Waals surface area contributed by atoms with Gasteiger partial charge in [-0.3, -0.25) is 4.79 Å². The summed E-state index contributed by atoms with van der Waals surface area (Å²) in [5.74, 6) is 0.779. The zero-order valence-electron chi connectivity index (χ0n) is 19.0. The number of pyridine rings is 1. The topological polar surface area (TPSA) is 79.4 Å². The Morgan fingerprint density at radius 3 is 2.85 bits per heavy atom. The van der Waals surface area contributed by atoms with Gasteiger partial charge in [-0.25, -0.2) is 4.98 Å². The van der Waals surface area contributed by atoms with Gasteiger partial charge in [-0.15, -0.1) is 0 Å². The van der Waals surface area contributed by atoms with Crippen molar-refractivity contribution in [1.29, 1.82) is 0 Å². The molecule has 2 aliphatic heterocycles. The molecule has 2 aromatic heterocycles. The van der Waals surface area contributed by atoms with E-state index >= 15 is 0 Å². The van der Waals surface area contributed by atoms with E-state index in [0.717, 1.165) is 53.0 Å². The quantitative estimate of drug-likeness (QED) is 0.558. The van der Waals surface area contributed by atoms with Crippen LogP contribution < -0.4 is 16.0 Å². The first-order chi connectivity index (χ1) is 15.9. The number of aromatic nitrogens is 2. The summed E-state index contributed by atoms with van der Waals surface area (Å²) >= 11 is 6.25. The van der Waals surface area contributed by atoms with Gasteiger partial charge >= 0.3 is 0 Å². The highest BCUT2D eigenvalue weighted by molar-refractivity contribution is 6.29. The maximum atomic E-state index is 13.1. The molecule has 1 amide bonds. The normalized spacial score (nSPS) is 20.7. The number of hydrogen-bond donors (Lipinski definition) is 2. The molecule has 0 bridgehead atoms. The number of fused-ring (bicyclic) bond motifs is 3. The molecule has 0 radical (unpaired) electrons. The van der Waals surface area contributed by atoms with Crippen LogP contribution in [-0.4, -0.2) is 46.5 Å². The summed E-state index contributed by atoms with van der Waals surface area (Å²) in [6.07, 6.45) is 3.34. The SMILES string of the molecule is CC(N)CN1CCc2cc3c(cc2C1=O)NC(c1cc2ccc(Cl)nc2n1CC1CC1)N3C. The van der Waals surface area contributed by atoms with Crippen LogP contribution >= 0.6 is 11.6 Å². The van der Waals surface area contributed by atoms with Crippen LogP contribution in [0.3, 0.4) is 0 Å². The van der Waals surface area contributed by atoms with E-state index in [-0.39, 0.29) is 18.1 Å². The lowest BCUT2D eigenvalue weighted by Gasteiger charge is -2.30. The summed E-state index contributed by atoms with van der Waals surface area (Å²) in [5.41, 5.74) is 12.1. The lowest BCUT2D eigenvalue weighted by molar-refractivity contribution is 0.0732. The van der Waals surface area contributed by atoms with Crippen molar-refractivity contribution >= 4 is 39.9 Å². The smallest absolute Gasteiger partial charge is 0.254 e. The van der Waals surface area contributed by atoms with Crippen LogP contribution in [0.2, 0.25) is 5.15 Å². The van der Waals surface area contributed by atoms with E-state index < -0.39 is 0 Å². The molecule has 0 spiro atoms. The average Bonchev–Trinajstić information content (AvgIpc) is 3.46. The first-order valence-corrected chi connectivity index (χ1v) is 12.1. The maximum absolute atomic E-state index is 13.1. The molecule has 1 saturated carbocycles. The number of benzene rings is 1. The van der Waals surface area contributed by atoms with E-state index in [1.165, 1.54) is 18.5 Å².